The zero-order valence-corrected chi connectivity index (χ0v) is 17.2. The summed E-state index contributed by atoms with van der Waals surface area (Å²) < 4.78 is 2.99. The highest BCUT2D eigenvalue weighted by Crippen LogP contribution is 2.36. The summed E-state index contributed by atoms with van der Waals surface area (Å²) >= 11 is 0. The number of fused-ring (bicyclic) bond motifs is 5. The number of para-hydroxylation sites is 1. The van der Waals surface area contributed by atoms with Gasteiger partial charge in [0, 0.05) is 35.8 Å². The molecule has 0 amide bonds. The number of nitrogens with zero attached hydrogens (tertiary/aromatic N) is 3. The molecule has 2 aromatic carbocycles. The Balaban J connectivity index is 0.00000205. The maximum atomic E-state index is 13.3. The van der Waals surface area contributed by atoms with Crippen molar-refractivity contribution in [2.75, 3.05) is 20.6 Å². The van der Waals surface area contributed by atoms with Crippen LogP contribution in [0.25, 0.3) is 27.2 Å². The number of likely N-dealkylation sites (N-methyl/N-ethyl adjacent to an activating group) is 1. The van der Waals surface area contributed by atoms with Crippen LogP contribution in [0.3, 0.4) is 0 Å². The van der Waals surface area contributed by atoms with Crippen molar-refractivity contribution in [1.29, 1.82) is 0 Å². The van der Waals surface area contributed by atoms with E-state index in [1.54, 1.807) is 10.5 Å². The zero-order valence-electron chi connectivity index (χ0n) is 16.4. The van der Waals surface area contributed by atoms with Crippen LogP contribution in [0.15, 0.2) is 39.9 Å². The Kier molecular flexibility index (Phi) is 4.71. The van der Waals surface area contributed by atoms with Gasteiger partial charge in [-0.2, -0.15) is 0 Å². The lowest BCUT2D eigenvalue weighted by Gasteiger charge is -2.15. The van der Waals surface area contributed by atoms with Crippen molar-refractivity contribution >= 4 is 45.4 Å². The predicted molar refractivity (Wildman–Crippen MR) is 117 cm³/mol. The van der Waals surface area contributed by atoms with E-state index in [0.29, 0.717) is 30.4 Å². The first-order valence-electron chi connectivity index (χ1n) is 9.62. The Morgan fingerprint density at radius 3 is 2.52 bits per heavy atom. The fourth-order valence-corrected chi connectivity index (χ4v) is 4.53. The Hall–Kier alpha value is -2.70. The molecule has 0 saturated carbocycles. The summed E-state index contributed by atoms with van der Waals surface area (Å²) in [6.07, 6.45) is 2.20. The number of carbonyl (C=O) groups is 1. The molecule has 7 heteroatoms. The molecule has 5 rings (SSSR count). The third-order valence-corrected chi connectivity index (χ3v) is 5.86. The zero-order chi connectivity index (χ0) is 19.6. The number of hydrogen-bond donors (Lipinski definition) is 0. The number of ketones is 1. The first kappa shape index (κ1) is 19.6. The Morgan fingerprint density at radius 2 is 1.76 bits per heavy atom. The minimum absolute atomic E-state index is 0. The fourth-order valence-electron chi connectivity index (χ4n) is 4.53. The molecule has 0 aliphatic heterocycles. The molecular weight excluding hydrogens is 390 g/mol. The minimum atomic E-state index is -0.312. The minimum Gasteiger partial charge on any atom is -0.308 e. The first-order chi connectivity index (χ1) is 13.5. The Bertz CT molecular complexity index is 1380. The number of rotatable bonds is 3. The largest absolute Gasteiger partial charge is 0.336 e. The van der Waals surface area contributed by atoms with Crippen LogP contribution in [-0.2, 0) is 13.0 Å². The van der Waals surface area contributed by atoms with E-state index in [0.717, 1.165) is 40.3 Å². The van der Waals surface area contributed by atoms with Crippen molar-refractivity contribution in [3.8, 4) is 0 Å². The highest BCUT2D eigenvalue weighted by Gasteiger charge is 2.25. The molecule has 0 radical (unpaired) electrons. The summed E-state index contributed by atoms with van der Waals surface area (Å²) in [5, 5.41) is 2.37. The van der Waals surface area contributed by atoms with Gasteiger partial charge in [-0.1, -0.05) is 12.1 Å². The molecule has 150 valence electrons. The smallest absolute Gasteiger partial charge is 0.308 e. The van der Waals surface area contributed by atoms with Gasteiger partial charge in [-0.3, -0.25) is 18.6 Å². The van der Waals surface area contributed by atoms with Gasteiger partial charge in [0.05, 0.1) is 16.4 Å². The van der Waals surface area contributed by atoms with Crippen molar-refractivity contribution in [2.24, 2.45) is 0 Å². The molecular formula is C22H22ClN3O3. The molecule has 0 unspecified atom stereocenters. The molecule has 2 heterocycles. The van der Waals surface area contributed by atoms with Crippen molar-refractivity contribution in [3.63, 3.8) is 0 Å². The van der Waals surface area contributed by atoms with E-state index < -0.39 is 0 Å². The van der Waals surface area contributed by atoms with Gasteiger partial charge >= 0.3 is 5.69 Å². The number of halogens is 1. The molecule has 29 heavy (non-hydrogen) atoms. The van der Waals surface area contributed by atoms with Crippen LogP contribution >= 0.6 is 12.4 Å². The summed E-state index contributed by atoms with van der Waals surface area (Å²) in [6.45, 7) is 0.940. The fraction of sp³-hybridized carbons (Fsp3) is 0.318. The van der Waals surface area contributed by atoms with Gasteiger partial charge < -0.3 is 4.90 Å². The second kappa shape index (κ2) is 6.97. The van der Waals surface area contributed by atoms with Crippen LogP contribution in [0, 0.1) is 0 Å². The monoisotopic (exact) mass is 411 g/mol. The van der Waals surface area contributed by atoms with E-state index in [-0.39, 0.29) is 29.4 Å². The maximum absolute atomic E-state index is 13.3. The lowest BCUT2D eigenvalue weighted by atomic mass is 9.87. The molecule has 0 atom stereocenters. The highest BCUT2D eigenvalue weighted by molar-refractivity contribution is 6.17. The molecule has 0 fully saturated rings. The lowest BCUT2D eigenvalue weighted by molar-refractivity contribution is 0.0973. The summed E-state index contributed by atoms with van der Waals surface area (Å²) in [6, 6.07) is 9.30. The molecule has 0 spiro atoms. The third kappa shape index (κ3) is 2.70. The van der Waals surface area contributed by atoms with Crippen LogP contribution in [0.2, 0.25) is 0 Å². The molecule has 0 bridgehead atoms. The first-order valence-corrected chi connectivity index (χ1v) is 9.62. The molecule has 0 saturated heterocycles. The van der Waals surface area contributed by atoms with Crippen LogP contribution in [0.1, 0.15) is 28.8 Å². The van der Waals surface area contributed by atoms with E-state index >= 15 is 0 Å². The van der Waals surface area contributed by atoms with E-state index in [1.165, 1.54) is 4.57 Å². The topological polar surface area (TPSA) is 63.8 Å². The summed E-state index contributed by atoms with van der Waals surface area (Å²) in [5.41, 5.74) is 2.65. The standard InChI is InChI=1S/C22H21N3O3.ClH/c1-23(2)11-12-24-21(27)16-7-3-6-15-19-14-5-4-8-18(26)13(14)9-10-17(19)25(20(15)16)22(24)28;/h3,6-7,9-10H,4-5,8,11-12H2,1-2H3;1H. The lowest BCUT2D eigenvalue weighted by Crippen LogP contribution is -2.39. The molecule has 4 aromatic rings. The number of aryl methyl sites for hydroxylation is 1. The van der Waals surface area contributed by atoms with Gasteiger partial charge in [0.1, 0.15) is 0 Å². The number of aromatic nitrogens is 2. The quantitative estimate of drug-likeness (QED) is 0.520. The van der Waals surface area contributed by atoms with Gasteiger partial charge in [0.2, 0.25) is 0 Å². The molecule has 1 aliphatic rings. The molecule has 0 N–H and O–H groups in total. The van der Waals surface area contributed by atoms with E-state index in [9.17, 15) is 14.4 Å². The van der Waals surface area contributed by atoms with Crippen LogP contribution in [0.5, 0.6) is 0 Å². The maximum Gasteiger partial charge on any atom is 0.336 e. The average molecular weight is 412 g/mol. The molecule has 1 aliphatic carbocycles. The van der Waals surface area contributed by atoms with Crippen LogP contribution in [-0.4, -0.2) is 40.3 Å². The van der Waals surface area contributed by atoms with Gasteiger partial charge in [-0.15, -0.1) is 12.4 Å². The summed E-state index contributed by atoms with van der Waals surface area (Å²) in [4.78, 5) is 40.7. The number of carbonyl (C=O) groups excluding carboxylic acids is 1. The van der Waals surface area contributed by atoms with Gasteiger partial charge in [0.15, 0.2) is 5.78 Å². The number of benzene rings is 2. The molecule has 2 aromatic heterocycles. The number of Topliss-reactive ketones (excluding diaryl/α,β-unsaturated/α-hetero) is 1. The summed E-state index contributed by atoms with van der Waals surface area (Å²) in [5.74, 6) is 0.157. The second-order valence-electron chi connectivity index (χ2n) is 7.84. The summed E-state index contributed by atoms with van der Waals surface area (Å²) in [7, 11) is 3.83. The van der Waals surface area contributed by atoms with Crippen molar-refractivity contribution in [3.05, 3.63) is 62.3 Å². The number of hydrogen-bond acceptors (Lipinski definition) is 4. The SMILES string of the molecule is CN(C)CCn1c(=O)c2cccc3c4c5c(ccc4n(c1=O)c23)C(=O)CCC5.Cl. The van der Waals surface area contributed by atoms with Gasteiger partial charge in [0.25, 0.3) is 5.56 Å². The second-order valence-corrected chi connectivity index (χ2v) is 7.84. The van der Waals surface area contributed by atoms with E-state index in [4.69, 9.17) is 0 Å². The predicted octanol–water partition coefficient (Wildman–Crippen LogP) is 2.71. The van der Waals surface area contributed by atoms with Crippen molar-refractivity contribution in [1.82, 2.24) is 13.9 Å². The Labute approximate surface area is 173 Å². The van der Waals surface area contributed by atoms with E-state index in [2.05, 4.69) is 0 Å². The van der Waals surface area contributed by atoms with Crippen LogP contribution < -0.4 is 11.2 Å². The van der Waals surface area contributed by atoms with Crippen molar-refractivity contribution < 1.29 is 4.79 Å². The van der Waals surface area contributed by atoms with E-state index in [1.807, 2.05) is 43.3 Å². The Morgan fingerprint density at radius 1 is 1.00 bits per heavy atom. The normalized spacial score (nSPS) is 14.1. The van der Waals surface area contributed by atoms with Gasteiger partial charge in [-0.25, -0.2) is 4.79 Å². The van der Waals surface area contributed by atoms with Crippen molar-refractivity contribution in [2.45, 2.75) is 25.8 Å². The van der Waals surface area contributed by atoms with Crippen LogP contribution in [0.4, 0.5) is 0 Å². The highest BCUT2D eigenvalue weighted by atomic mass is 35.5. The third-order valence-electron chi connectivity index (χ3n) is 5.86. The molecule has 6 nitrogen and oxygen atoms in total. The average Bonchev–Trinajstić information content (AvgIpc) is 3.02. The van der Waals surface area contributed by atoms with Gasteiger partial charge in [-0.05, 0) is 50.7 Å².